The quantitative estimate of drug-likeness (QED) is 0.808. The summed E-state index contributed by atoms with van der Waals surface area (Å²) in [7, 11) is 1.55. The summed E-state index contributed by atoms with van der Waals surface area (Å²) in [6, 6.07) is 14.3. The first-order valence-electron chi connectivity index (χ1n) is 6.89. The Kier molecular flexibility index (Phi) is 3.80. The van der Waals surface area contributed by atoms with Crippen molar-refractivity contribution in [3.05, 3.63) is 76.4 Å². The normalized spacial score (nSPS) is 10.5. The van der Waals surface area contributed by atoms with Crippen LogP contribution in [0.5, 0.6) is 0 Å². The monoisotopic (exact) mass is 312 g/mol. The van der Waals surface area contributed by atoms with Crippen LogP contribution in [0.15, 0.2) is 63.9 Å². The summed E-state index contributed by atoms with van der Waals surface area (Å²) in [4.78, 5) is 24.5. The number of nitrogens with zero attached hydrogens (tertiary/aromatic N) is 1. The average molecular weight is 312 g/mol. The van der Waals surface area contributed by atoms with Crippen LogP contribution in [-0.2, 0) is 7.05 Å². The van der Waals surface area contributed by atoms with Crippen molar-refractivity contribution in [3.8, 4) is 11.3 Å². The van der Waals surface area contributed by atoms with Crippen LogP contribution in [0.2, 0.25) is 0 Å². The molecule has 0 unspecified atom stereocenters. The second kappa shape index (κ2) is 5.92. The Balaban J connectivity index is 2.01. The van der Waals surface area contributed by atoms with Crippen molar-refractivity contribution in [2.45, 2.75) is 0 Å². The Morgan fingerprint density at radius 2 is 1.74 bits per heavy atom. The summed E-state index contributed by atoms with van der Waals surface area (Å²) in [6.07, 6.45) is 0. The second-order valence-electron chi connectivity index (χ2n) is 4.93. The molecule has 3 rings (SSSR count). The Hall–Kier alpha value is -3.15. The van der Waals surface area contributed by atoms with Gasteiger partial charge in [-0.3, -0.25) is 4.79 Å². The molecule has 0 spiro atoms. The molecule has 1 N–H and O–H groups in total. The van der Waals surface area contributed by atoms with Crippen LogP contribution < -0.4 is 10.9 Å². The first-order chi connectivity index (χ1) is 11.1. The van der Waals surface area contributed by atoms with Gasteiger partial charge in [0, 0.05) is 18.3 Å². The number of carbonyl (C=O) groups excluding carboxylic acids is 1. The standard InChI is InChI=1S/C17H13FN2O3/c1-20-15(11-5-3-2-4-6-11)14(17(22)23-20)16(21)19-13-9-7-12(18)8-10-13/h2-10H,1H3,(H,19,21). The Morgan fingerprint density at radius 3 is 2.39 bits per heavy atom. The molecule has 3 aromatic rings. The Morgan fingerprint density at radius 1 is 1.09 bits per heavy atom. The highest BCUT2D eigenvalue weighted by Crippen LogP contribution is 2.22. The molecule has 116 valence electrons. The molecule has 0 aliphatic rings. The summed E-state index contributed by atoms with van der Waals surface area (Å²) in [5.74, 6) is -1.02. The number of aryl methyl sites for hydroxylation is 1. The molecule has 0 saturated heterocycles. The maximum atomic E-state index is 12.9. The number of carbonyl (C=O) groups is 1. The van der Waals surface area contributed by atoms with E-state index >= 15 is 0 Å². The number of rotatable bonds is 3. The second-order valence-corrected chi connectivity index (χ2v) is 4.93. The van der Waals surface area contributed by atoms with Gasteiger partial charge in [-0.25, -0.2) is 13.9 Å². The van der Waals surface area contributed by atoms with E-state index in [-0.39, 0.29) is 5.56 Å². The van der Waals surface area contributed by atoms with E-state index in [4.69, 9.17) is 4.52 Å². The molecule has 2 aromatic carbocycles. The van der Waals surface area contributed by atoms with Gasteiger partial charge in [-0.2, -0.15) is 0 Å². The van der Waals surface area contributed by atoms with Crippen LogP contribution in [0.3, 0.4) is 0 Å². The molecule has 0 radical (unpaired) electrons. The third-order valence-electron chi connectivity index (χ3n) is 3.35. The van der Waals surface area contributed by atoms with Crippen molar-refractivity contribution < 1.29 is 13.7 Å². The van der Waals surface area contributed by atoms with E-state index < -0.39 is 17.3 Å². The lowest BCUT2D eigenvalue weighted by atomic mass is 10.1. The first-order valence-corrected chi connectivity index (χ1v) is 6.89. The van der Waals surface area contributed by atoms with E-state index in [1.54, 1.807) is 31.3 Å². The first kappa shape index (κ1) is 14.8. The summed E-state index contributed by atoms with van der Waals surface area (Å²) in [6.45, 7) is 0. The molecule has 0 bridgehead atoms. The van der Waals surface area contributed by atoms with Crippen LogP contribution >= 0.6 is 0 Å². The fourth-order valence-corrected chi connectivity index (χ4v) is 2.32. The van der Waals surface area contributed by atoms with Crippen LogP contribution in [0, 0.1) is 5.82 Å². The summed E-state index contributed by atoms with van der Waals surface area (Å²) < 4.78 is 19.2. The van der Waals surface area contributed by atoms with E-state index in [2.05, 4.69) is 5.32 Å². The van der Waals surface area contributed by atoms with Gasteiger partial charge in [-0.15, -0.1) is 0 Å². The maximum Gasteiger partial charge on any atom is 0.370 e. The van der Waals surface area contributed by atoms with Crippen LogP contribution in [0.4, 0.5) is 10.1 Å². The van der Waals surface area contributed by atoms with E-state index in [0.717, 1.165) is 0 Å². The maximum absolute atomic E-state index is 12.9. The van der Waals surface area contributed by atoms with Crippen molar-refractivity contribution in [2.24, 2.45) is 7.05 Å². The number of aromatic nitrogens is 1. The average Bonchev–Trinajstić information content (AvgIpc) is 2.85. The van der Waals surface area contributed by atoms with Crippen LogP contribution in [-0.4, -0.2) is 10.6 Å². The molecule has 0 atom stereocenters. The lowest BCUT2D eigenvalue weighted by molar-refractivity contribution is 0.102. The molecule has 23 heavy (non-hydrogen) atoms. The molecule has 0 aliphatic carbocycles. The number of hydrogen-bond acceptors (Lipinski definition) is 3. The number of amides is 1. The van der Waals surface area contributed by atoms with Gasteiger partial charge in [0.05, 0.1) is 0 Å². The predicted molar refractivity (Wildman–Crippen MR) is 83.7 cm³/mol. The highest BCUT2D eigenvalue weighted by Gasteiger charge is 2.23. The molecule has 5 nitrogen and oxygen atoms in total. The van der Waals surface area contributed by atoms with Gasteiger partial charge < -0.3 is 9.84 Å². The molecular formula is C17H13FN2O3. The topological polar surface area (TPSA) is 64.2 Å². The highest BCUT2D eigenvalue weighted by molar-refractivity contribution is 6.07. The van der Waals surface area contributed by atoms with Gasteiger partial charge in [0.2, 0.25) is 0 Å². The molecule has 1 amide bonds. The van der Waals surface area contributed by atoms with Crippen LogP contribution in [0.25, 0.3) is 11.3 Å². The zero-order valence-electron chi connectivity index (χ0n) is 12.2. The summed E-state index contributed by atoms with van der Waals surface area (Å²) in [5.41, 5.74) is 0.632. The van der Waals surface area contributed by atoms with Gasteiger partial charge in [-0.1, -0.05) is 30.3 Å². The highest BCUT2D eigenvalue weighted by atomic mass is 19.1. The van der Waals surface area contributed by atoms with Gasteiger partial charge in [0.1, 0.15) is 11.5 Å². The van der Waals surface area contributed by atoms with Gasteiger partial charge in [-0.05, 0) is 24.3 Å². The van der Waals surface area contributed by atoms with Crippen LogP contribution in [0.1, 0.15) is 10.4 Å². The minimum Gasteiger partial charge on any atom is -0.335 e. The molecule has 6 heteroatoms. The third kappa shape index (κ3) is 2.91. The smallest absolute Gasteiger partial charge is 0.335 e. The number of anilines is 1. The molecule has 1 heterocycles. The molecule has 0 saturated carbocycles. The van der Waals surface area contributed by atoms with Gasteiger partial charge in [0.15, 0.2) is 5.56 Å². The number of hydrogen-bond donors (Lipinski definition) is 1. The zero-order chi connectivity index (χ0) is 16.4. The lowest BCUT2D eigenvalue weighted by Crippen LogP contribution is -2.19. The zero-order valence-corrected chi connectivity index (χ0v) is 12.2. The number of benzene rings is 2. The lowest BCUT2D eigenvalue weighted by Gasteiger charge is -2.06. The fraction of sp³-hybridized carbons (Fsp3) is 0.0588. The fourth-order valence-electron chi connectivity index (χ4n) is 2.32. The molecule has 1 aromatic heterocycles. The van der Waals surface area contributed by atoms with Crippen molar-refractivity contribution in [3.63, 3.8) is 0 Å². The van der Waals surface area contributed by atoms with E-state index in [1.165, 1.54) is 29.0 Å². The molecule has 0 fully saturated rings. The number of nitrogens with one attached hydrogen (secondary N) is 1. The summed E-state index contributed by atoms with van der Waals surface area (Å²) in [5, 5.41) is 2.57. The molecular weight excluding hydrogens is 299 g/mol. The predicted octanol–water partition coefficient (Wildman–Crippen LogP) is 3.04. The van der Waals surface area contributed by atoms with Gasteiger partial charge >= 0.3 is 5.63 Å². The Bertz CT molecular complexity index is 896. The SMILES string of the molecule is Cn1oc(=O)c(C(=O)Nc2ccc(F)cc2)c1-c1ccccc1. The van der Waals surface area contributed by atoms with E-state index in [9.17, 15) is 14.0 Å². The van der Waals surface area contributed by atoms with Crippen molar-refractivity contribution in [1.82, 2.24) is 4.74 Å². The minimum atomic E-state index is -0.731. The van der Waals surface area contributed by atoms with Crippen molar-refractivity contribution in [1.29, 1.82) is 0 Å². The van der Waals surface area contributed by atoms with Crippen molar-refractivity contribution >= 4 is 11.6 Å². The van der Waals surface area contributed by atoms with E-state index in [1.807, 2.05) is 6.07 Å². The molecule has 0 aliphatic heterocycles. The summed E-state index contributed by atoms with van der Waals surface area (Å²) >= 11 is 0. The minimum absolute atomic E-state index is 0.0944. The largest absolute Gasteiger partial charge is 0.370 e. The number of halogens is 1. The van der Waals surface area contributed by atoms with Gasteiger partial charge in [0.25, 0.3) is 5.91 Å². The van der Waals surface area contributed by atoms with Crippen molar-refractivity contribution in [2.75, 3.05) is 5.32 Å². The third-order valence-corrected chi connectivity index (χ3v) is 3.35. The Labute approximate surface area is 130 Å². The van der Waals surface area contributed by atoms with E-state index in [0.29, 0.717) is 16.9 Å².